The van der Waals surface area contributed by atoms with Gasteiger partial charge < -0.3 is 14.8 Å². The summed E-state index contributed by atoms with van der Waals surface area (Å²) in [7, 11) is 0. The highest BCUT2D eigenvalue weighted by Gasteiger charge is 2.27. The molecule has 0 unspecified atom stereocenters. The van der Waals surface area contributed by atoms with Crippen LogP contribution in [0.2, 0.25) is 0 Å². The number of carbonyl (C=O) groups excluding carboxylic acids is 2. The van der Waals surface area contributed by atoms with Crippen molar-refractivity contribution in [2.24, 2.45) is 0 Å². The molecule has 1 amide bonds. The van der Waals surface area contributed by atoms with Gasteiger partial charge in [0.05, 0.1) is 19.7 Å². The third-order valence-corrected chi connectivity index (χ3v) is 5.75. The fourth-order valence-electron chi connectivity index (χ4n) is 3.12. The summed E-state index contributed by atoms with van der Waals surface area (Å²) in [5, 5.41) is 2.68. The Morgan fingerprint density at radius 2 is 1.88 bits per heavy atom. The van der Waals surface area contributed by atoms with Crippen LogP contribution in [0.4, 0.5) is 0 Å². The Morgan fingerprint density at radius 1 is 1.12 bits per heavy atom. The highest BCUT2D eigenvalue weighted by Crippen LogP contribution is 2.47. The van der Waals surface area contributed by atoms with E-state index >= 15 is 0 Å². The van der Waals surface area contributed by atoms with E-state index in [4.69, 9.17) is 16.0 Å². The number of amides is 1. The largest absolute Gasteiger partial charge is 0.494 e. The molecule has 164 valence electrons. The SMILES string of the molecule is [C-]#[N+]/C(C(=O)NCCOC(=O)C(=C)C)=C1\c2ccccc2Sc2ccc(OCCC)cc21. The molecule has 0 aliphatic carbocycles. The first-order chi connectivity index (χ1) is 15.5. The van der Waals surface area contributed by atoms with Crippen LogP contribution < -0.4 is 10.1 Å². The predicted octanol–water partition coefficient (Wildman–Crippen LogP) is 4.85. The number of nitrogens with one attached hydrogen (secondary N) is 1. The fraction of sp³-hybridized carbons (Fsp3) is 0.240. The van der Waals surface area contributed by atoms with Gasteiger partial charge in [-0.25, -0.2) is 9.64 Å². The number of nitrogens with zero attached hydrogens (tertiary/aromatic N) is 1. The molecule has 32 heavy (non-hydrogen) atoms. The van der Waals surface area contributed by atoms with Crippen LogP contribution in [-0.4, -0.2) is 31.6 Å². The quantitative estimate of drug-likeness (QED) is 0.231. The molecule has 1 aliphatic rings. The van der Waals surface area contributed by atoms with Gasteiger partial charge in [0.25, 0.3) is 11.6 Å². The zero-order valence-electron chi connectivity index (χ0n) is 18.1. The summed E-state index contributed by atoms with van der Waals surface area (Å²) >= 11 is 1.60. The maximum absolute atomic E-state index is 12.9. The number of esters is 1. The van der Waals surface area contributed by atoms with Gasteiger partial charge in [-0.05, 0) is 48.7 Å². The second-order valence-electron chi connectivity index (χ2n) is 7.11. The third kappa shape index (κ3) is 5.21. The van der Waals surface area contributed by atoms with Gasteiger partial charge in [0.15, 0.2) is 0 Å². The number of hydrogen-bond acceptors (Lipinski definition) is 5. The molecule has 1 N–H and O–H groups in total. The fourth-order valence-corrected chi connectivity index (χ4v) is 4.19. The van der Waals surface area contributed by atoms with Crippen molar-refractivity contribution in [1.82, 2.24) is 5.32 Å². The van der Waals surface area contributed by atoms with Gasteiger partial charge in [0, 0.05) is 20.9 Å². The molecule has 0 aromatic heterocycles. The molecular formula is C25H24N2O4S. The van der Waals surface area contributed by atoms with Crippen molar-refractivity contribution in [3.05, 3.63) is 82.9 Å². The Balaban J connectivity index is 1.95. The van der Waals surface area contributed by atoms with Crippen molar-refractivity contribution in [2.45, 2.75) is 30.1 Å². The lowest BCUT2D eigenvalue weighted by molar-refractivity contribution is -0.139. The summed E-state index contributed by atoms with van der Waals surface area (Å²) in [6.07, 6.45) is 0.878. The van der Waals surface area contributed by atoms with Crippen LogP contribution >= 0.6 is 11.8 Å². The molecular weight excluding hydrogens is 424 g/mol. The molecule has 3 rings (SSSR count). The van der Waals surface area contributed by atoms with E-state index in [0.29, 0.717) is 17.9 Å². The van der Waals surface area contributed by atoms with Crippen LogP contribution in [-0.2, 0) is 14.3 Å². The molecule has 2 aromatic carbocycles. The molecule has 0 saturated carbocycles. The molecule has 1 aliphatic heterocycles. The molecule has 0 bridgehead atoms. The molecule has 6 nitrogen and oxygen atoms in total. The Kier molecular flexibility index (Phi) is 7.74. The number of rotatable bonds is 8. The summed E-state index contributed by atoms with van der Waals surface area (Å²) < 4.78 is 10.8. The average molecular weight is 449 g/mol. The van der Waals surface area contributed by atoms with Gasteiger partial charge in [-0.15, -0.1) is 0 Å². The lowest BCUT2D eigenvalue weighted by Crippen LogP contribution is -2.29. The van der Waals surface area contributed by atoms with E-state index in [1.165, 1.54) is 0 Å². The standard InChI is InChI=1S/C25H24N2O4S/c1-5-13-30-17-10-11-21-19(15-17)22(18-8-6-7-9-20(18)32-21)23(26-4)24(28)27-12-14-31-25(29)16(2)3/h6-11,15H,2,5,12-14H2,1,3H3,(H,27,28)/b23-22+. The molecule has 0 saturated heterocycles. The maximum atomic E-state index is 12.9. The highest BCUT2D eigenvalue weighted by molar-refractivity contribution is 7.99. The van der Waals surface area contributed by atoms with Crippen molar-refractivity contribution in [1.29, 1.82) is 0 Å². The second kappa shape index (κ2) is 10.7. The van der Waals surface area contributed by atoms with E-state index in [0.717, 1.165) is 27.3 Å². The third-order valence-electron chi connectivity index (χ3n) is 4.60. The zero-order valence-corrected chi connectivity index (χ0v) is 18.9. The molecule has 0 atom stereocenters. The average Bonchev–Trinajstić information content (AvgIpc) is 2.80. The molecule has 0 radical (unpaired) electrons. The van der Waals surface area contributed by atoms with Crippen LogP contribution in [0.3, 0.4) is 0 Å². The topological polar surface area (TPSA) is 69.0 Å². The second-order valence-corrected chi connectivity index (χ2v) is 8.20. The lowest BCUT2D eigenvalue weighted by atomic mass is 9.94. The smallest absolute Gasteiger partial charge is 0.333 e. The predicted molar refractivity (Wildman–Crippen MR) is 124 cm³/mol. The molecule has 7 heteroatoms. The molecule has 2 aromatic rings. The van der Waals surface area contributed by atoms with E-state index in [-0.39, 0.29) is 24.4 Å². The number of benzene rings is 2. The van der Waals surface area contributed by atoms with Crippen molar-refractivity contribution in [3.8, 4) is 5.75 Å². The molecule has 1 heterocycles. The van der Waals surface area contributed by atoms with E-state index < -0.39 is 11.9 Å². The zero-order chi connectivity index (χ0) is 23.1. The van der Waals surface area contributed by atoms with Crippen LogP contribution in [0, 0.1) is 6.57 Å². The molecule has 0 spiro atoms. The first-order valence-electron chi connectivity index (χ1n) is 10.2. The van der Waals surface area contributed by atoms with E-state index in [1.54, 1.807) is 18.7 Å². The van der Waals surface area contributed by atoms with Crippen molar-refractivity contribution in [2.75, 3.05) is 19.8 Å². The van der Waals surface area contributed by atoms with Crippen LogP contribution in [0.5, 0.6) is 5.75 Å². The summed E-state index contributed by atoms with van der Waals surface area (Å²) in [5.74, 6) is -0.344. The number of fused-ring (bicyclic) bond motifs is 2. The summed E-state index contributed by atoms with van der Waals surface area (Å²) in [5.41, 5.74) is 2.46. The van der Waals surface area contributed by atoms with Crippen molar-refractivity contribution < 1.29 is 19.1 Å². The van der Waals surface area contributed by atoms with Crippen molar-refractivity contribution in [3.63, 3.8) is 0 Å². The Labute approximate surface area is 192 Å². The first kappa shape index (κ1) is 23.2. The van der Waals surface area contributed by atoms with E-state index in [2.05, 4.69) is 16.7 Å². The minimum atomic E-state index is -0.520. The maximum Gasteiger partial charge on any atom is 0.333 e. The van der Waals surface area contributed by atoms with Gasteiger partial charge in [0.2, 0.25) is 0 Å². The van der Waals surface area contributed by atoms with Crippen LogP contribution in [0.15, 0.2) is 70.1 Å². The van der Waals surface area contributed by atoms with Crippen molar-refractivity contribution >= 4 is 29.2 Å². The van der Waals surface area contributed by atoms with E-state index in [9.17, 15) is 9.59 Å². The summed E-state index contributed by atoms with van der Waals surface area (Å²) in [4.78, 5) is 30.0. The van der Waals surface area contributed by atoms with Gasteiger partial charge in [-0.3, -0.25) is 4.79 Å². The Morgan fingerprint density at radius 3 is 2.59 bits per heavy atom. The Bertz CT molecular complexity index is 1130. The summed E-state index contributed by atoms with van der Waals surface area (Å²) in [6.45, 7) is 15.5. The van der Waals surface area contributed by atoms with Crippen LogP contribution in [0.1, 0.15) is 31.4 Å². The van der Waals surface area contributed by atoms with Gasteiger partial charge in [-0.2, -0.15) is 0 Å². The minimum absolute atomic E-state index is 0.00389. The number of carbonyl (C=O) groups is 2. The van der Waals surface area contributed by atoms with Gasteiger partial charge in [0.1, 0.15) is 12.4 Å². The highest BCUT2D eigenvalue weighted by atomic mass is 32.2. The number of hydrogen-bond donors (Lipinski definition) is 1. The minimum Gasteiger partial charge on any atom is -0.494 e. The van der Waals surface area contributed by atoms with E-state index in [1.807, 2.05) is 49.4 Å². The van der Waals surface area contributed by atoms with Gasteiger partial charge in [-0.1, -0.05) is 43.5 Å². The monoisotopic (exact) mass is 448 g/mol. The Hall–Kier alpha value is -3.50. The summed E-state index contributed by atoms with van der Waals surface area (Å²) in [6, 6.07) is 13.4. The van der Waals surface area contributed by atoms with Gasteiger partial charge >= 0.3 is 5.97 Å². The first-order valence-corrected chi connectivity index (χ1v) is 11.0. The normalized spacial score (nSPS) is 13.2. The van der Waals surface area contributed by atoms with Crippen LogP contribution in [0.25, 0.3) is 10.4 Å². The number of ether oxygens (including phenoxy) is 2. The lowest BCUT2D eigenvalue weighted by Gasteiger charge is -2.24. The molecule has 0 fully saturated rings.